The molecular formula is C38H50O8. The Labute approximate surface area is 273 Å². The number of allylic oxidation sites excluding steroid dienone is 3. The maximum atomic E-state index is 12.1. The predicted octanol–water partition coefficient (Wildman–Crippen LogP) is 5.67. The van der Waals surface area contributed by atoms with Crippen molar-refractivity contribution in [2.75, 3.05) is 13.4 Å². The molecule has 0 spiro atoms. The lowest BCUT2D eigenvalue weighted by Gasteiger charge is -2.44. The van der Waals surface area contributed by atoms with Gasteiger partial charge in [-0.25, -0.2) is 4.79 Å². The molecule has 0 aromatic heterocycles. The lowest BCUT2D eigenvalue weighted by atomic mass is 9.61. The van der Waals surface area contributed by atoms with Crippen molar-refractivity contribution in [2.24, 2.45) is 23.2 Å². The number of hydrogen-bond acceptors (Lipinski definition) is 8. The van der Waals surface area contributed by atoms with Gasteiger partial charge in [-0.05, 0) is 92.4 Å². The number of aliphatic hydroxyl groups excluding tert-OH is 2. The van der Waals surface area contributed by atoms with E-state index >= 15 is 0 Å². The van der Waals surface area contributed by atoms with Gasteiger partial charge in [0, 0.05) is 12.8 Å². The summed E-state index contributed by atoms with van der Waals surface area (Å²) in [4.78, 5) is 24.0. The maximum Gasteiger partial charge on any atom is 0.340 e. The highest BCUT2D eigenvalue weighted by molar-refractivity contribution is 5.89. The first-order valence-corrected chi connectivity index (χ1v) is 16.5. The number of esters is 2. The van der Waals surface area contributed by atoms with Crippen molar-refractivity contribution in [3.8, 4) is 11.8 Å². The molecule has 0 amide bonds. The third kappa shape index (κ3) is 8.98. The van der Waals surface area contributed by atoms with E-state index in [0.717, 1.165) is 37.7 Å². The average Bonchev–Trinajstić information content (AvgIpc) is 3.37. The Bertz CT molecular complexity index is 1360. The molecule has 250 valence electrons. The molecule has 0 heterocycles. The number of carbonyl (C=O) groups is 2. The summed E-state index contributed by atoms with van der Waals surface area (Å²) in [6.45, 7) is 11.7. The fraction of sp³-hybridized carbons (Fsp3) is 0.579. The van der Waals surface area contributed by atoms with Gasteiger partial charge in [0.1, 0.15) is 17.8 Å². The summed E-state index contributed by atoms with van der Waals surface area (Å²) in [5.41, 5.74) is 2.30. The second kappa shape index (κ2) is 15.6. The third-order valence-corrected chi connectivity index (χ3v) is 9.97. The van der Waals surface area contributed by atoms with E-state index in [9.17, 15) is 24.9 Å². The Morgan fingerprint density at radius 3 is 2.61 bits per heavy atom. The Kier molecular flexibility index (Phi) is 12.1. The molecule has 8 nitrogen and oxygen atoms in total. The average molecular weight is 635 g/mol. The SMILES string of the molecule is C=C1/C(=C\C=C2/CCC[C@]3(C)[C@@H]([C@H](C)CC#CC(C)(C)O)CC[C@@H]23)C[C@@H](O)[C@H](OCCC(=O)OCOC(=O)c2ccccc2)[C@@H]1O. The van der Waals surface area contributed by atoms with Crippen molar-refractivity contribution in [1.82, 2.24) is 0 Å². The van der Waals surface area contributed by atoms with Gasteiger partial charge < -0.3 is 29.5 Å². The summed E-state index contributed by atoms with van der Waals surface area (Å²) < 4.78 is 15.6. The van der Waals surface area contributed by atoms with Crippen molar-refractivity contribution >= 4 is 11.9 Å². The number of ether oxygens (including phenoxy) is 3. The molecule has 0 saturated heterocycles. The van der Waals surface area contributed by atoms with Gasteiger partial charge in [-0.15, -0.1) is 5.92 Å². The minimum atomic E-state index is -1.12. The predicted molar refractivity (Wildman–Crippen MR) is 175 cm³/mol. The molecule has 3 fully saturated rings. The van der Waals surface area contributed by atoms with E-state index in [2.05, 4.69) is 38.3 Å². The topological polar surface area (TPSA) is 123 Å². The highest BCUT2D eigenvalue weighted by Gasteiger charge is 2.50. The molecule has 0 unspecified atom stereocenters. The minimum Gasteiger partial charge on any atom is -0.428 e. The van der Waals surface area contributed by atoms with Gasteiger partial charge in [-0.2, -0.15) is 0 Å². The van der Waals surface area contributed by atoms with Gasteiger partial charge in [0.05, 0.1) is 24.7 Å². The van der Waals surface area contributed by atoms with Crippen LogP contribution in [0.3, 0.4) is 0 Å². The van der Waals surface area contributed by atoms with Crippen molar-refractivity contribution in [2.45, 2.75) is 103 Å². The van der Waals surface area contributed by atoms with Gasteiger partial charge >= 0.3 is 11.9 Å². The largest absolute Gasteiger partial charge is 0.428 e. The lowest BCUT2D eigenvalue weighted by molar-refractivity contribution is -0.156. The standard InChI is InChI=1S/C38H50O8/c1-25(11-9-20-37(3,4)43)30-17-18-31-27(14-10-21-38(30,31)5)15-16-29-23-32(39)35(34(41)26(29)2)44-22-19-33(40)45-24-46-36(42)28-12-7-6-8-13-28/h6-8,12-13,15-16,25,30-32,34-35,39,41,43H,2,10-11,14,17-19,21-24H2,1,3-5H3/b27-15+,29-16-/t25-,30-,31+,32-,34-,35+,38-/m1/s1. The van der Waals surface area contributed by atoms with Crippen LogP contribution >= 0.6 is 0 Å². The van der Waals surface area contributed by atoms with Crippen LogP contribution in [0.2, 0.25) is 0 Å². The smallest absolute Gasteiger partial charge is 0.340 e. The normalized spacial score (nSPS) is 30.3. The van der Waals surface area contributed by atoms with Crippen molar-refractivity contribution in [3.63, 3.8) is 0 Å². The summed E-state index contributed by atoms with van der Waals surface area (Å²) >= 11 is 0. The summed E-state index contributed by atoms with van der Waals surface area (Å²) in [7, 11) is 0. The summed E-state index contributed by atoms with van der Waals surface area (Å²) in [6, 6.07) is 8.39. The molecule has 8 heteroatoms. The van der Waals surface area contributed by atoms with Crippen molar-refractivity contribution in [3.05, 3.63) is 71.3 Å². The molecule has 3 aliphatic carbocycles. The number of fused-ring (bicyclic) bond motifs is 1. The lowest BCUT2D eigenvalue weighted by Crippen LogP contribution is -2.45. The van der Waals surface area contributed by atoms with Gasteiger partial charge in [0.15, 0.2) is 0 Å². The number of carbonyl (C=O) groups excluding carboxylic acids is 2. The number of aliphatic hydroxyl groups is 3. The zero-order valence-corrected chi connectivity index (χ0v) is 27.7. The molecule has 7 atom stereocenters. The van der Waals surface area contributed by atoms with Crippen LogP contribution < -0.4 is 0 Å². The highest BCUT2D eigenvalue weighted by Crippen LogP contribution is 2.59. The maximum absolute atomic E-state index is 12.1. The highest BCUT2D eigenvalue weighted by atomic mass is 16.7. The van der Waals surface area contributed by atoms with Gasteiger partial charge in [0.2, 0.25) is 6.79 Å². The van der Waals surface area contributed by atoms with E-state index < -0.39 is 42.6 Å². The quantitative estimate of drug-likeness (QED) is 0.171. The van der Waals surface area contributed by atoms with Crippen LogP contribution in [0.25, 0.3) is 0 Å². The van der Waals surface area contributed by atoms with Crippen LogP contribution in [0, 0.1) is 35.0 Å². The van der Waals surface area contributed by atoms with E-state index in [1.807, 2.05) is 6.08 Å². The van der Waals surface area contributed by atoms with Crippen molar-refractivity contribution < 1.29 is 39.1 Å². The molecule has 0 radical (unpaired) electrons. The molecular weight excluding hydrogens is 584 g/mol. The second-order valence-electron chi connectivity index (χ2n) is 13.8. The fourth-order valence-electron chi connectivity index (χ4n) is 7.60. The Morgan fingerprint density at radius 2 is 1.89 bits per heavy atom. The first-order chi connectivity index (χ1) is 21.8. The number of benzene rings is 1. The first-order valence-electron chi connectivity index (χ1n) is 16.5. The Hall–Kier alpha value is -3.22. The summed E-state index contributed by atoms with van der Waals surface area (Å²) in [6.07, 6.45) is 7.77. The molecule has 0 bridgehead atoms. The molecule has 1 aromatic rings. The first kappa shape index (κ1) is 35.6. The van der Waals surface area contributed by atoms with Crippen LogP contribution in [0.1, 0.15) is 89.4 Å². The van der Waals surface area contributed by atoms with E-state index in [0.29, 0.717) is 28.9 Å². The molecule has 3 N–H and O–H groups in total. The van der Waals surface area contributed by atoms with E-state index in [4.69, 9.17) is 14.2 Å². The van der Waals surface area contributed by atoms with Crippen LogP contribution in [0.5, 0.6) is 0 Å². The van der Waals surface area contributed by atoms with Crippen LogP contribution in [0.15, 0.2) is 65.8 Å². The number of rotatable bonds is 10. The Morgan fingerprint density at radius 1 is 1.15 bits per heavy atom. The number of hydrogen-bond donors (Lipinski definition) is 3. The minimum absolute atomic E-state index is 0.0795. The van der Waals surface area contributed by atoms with E-state index in [1.54, 1.807) is 44.2 Å². The molecule has 3 aliphatic rings. The molecule has 46 heavy (non-hydrogen) atoms. The summed E-state index contributed by atoms with van der Waals surface area (Å²) in [5.74, 6) is 6.45. The summed E-state index contributed by atoms with van der Waals surface area (Å²) in [5, 5.41) is 31.8. The molecule has 1 aromatic carbocycles. The van der Waals surface area contributed by atoms with Crippen LogP contribution in [-0.2, 0) is 19.0 Å². The van der Waals surface area contributed by atoms with Crippen LogP contribution in [0.4, 0.5) is 0 Å². The van der Waals surface area contributed by atoms with Gasteiger partial charge in [-0.3, -0.25) is 4.79 Å². The molecule has 3 saturated carbocycles. The monoisotopic (exact) mass is 634 g/mol. The third-order valence-electron chi connectivity index (χ3n) is 9.97. The van der Waals surface area contributed by atoms with Gasteiger partial charge in [0.25, 0.3) is 0 Å². The molecule has 0 aliphatic heterocycles. The van der Waals surface area contributed by atoms with Crippen molar-refractivity contribution in [1.29, 1.82) is 0 Å². The zero-order valence-electron chi connectivity index (χ0n) is 27.7. The molecule has 4 rings (SSSR count). The fourth-order valence-corrected chi connectivity index (χ4v) is 7.60. The van der Waals surface area contributed by atoms with E-state index in [-0.39, 0.29) is 24.9 Å². The second-order valence-corrected chi connectivity index (χ2v) is 13.8. The Balaban J connectivity index is 1.28. The zero-order chi connectivity index (χ0) is 33.5. The van der Waals surface area contributed by atoms with E-state index in [1.165, 1.54) is 12.0 Å². The van der Waals surface area contributed by atoms with Gasteiger partial charge in [-0.1, -0.05) is 62.3 Å². The van der Waals surface area contributed by atoms with Crippen LogP contribution in [-0.4, -0.2) is 64.6 Å².